The molecular weight excluding hydrogens is 260 g/mol. The van der Waals surface area contributed by atoms with Crippen molar-refractivity contribution < 1.29 is 0 Å². The molecule has 1 atom stereocenters. The van der Waals surface area contributed by atoms with Gasteiger partial charge in [0.2, 0.25) is 0 Å². The van der Waals surface area contributed by atoms with Gasteiger partial charge in [-0.1, -0.05) is 13.0 Å². The van der Waals surface area contributed by atoms with Gasteiger partial charge in [-0.25, -0.2) is 0 Å². The van der Waals surface area contributed by atoms with Crippen LogP contribution in [0.3, 0.4) is 0 Å². The minimum atomic E-state index is 0.461. The number of benzene rings is 1. The van der Waals surface area contributed by atoms with E-state index in [4.69, 9.17) is 10.8 Å². The van der Waals surface area contributed by atoms with Crippen molar-refractivity contribution in [3.63, 3.8) is 0 Å². The zero-order valence-corrected chi connectivity index (χ0v) is 12.9. The summed E-state index contributed by atoms with van der Waals surface area (Å²) in [7, 11) is 0. The molecule has 3 rings (SSSR count). The van der Waals surface area contributed by atoms with E-state index in [1.165, 1.54) is 17.7 Å². The molecule has 0 amide bonds. The number of nitrogens with zero attached hydrogens (tertiary/aromatic N) is 3. The predicted molar refractivity (Wildman–Crippen MR) is 87.5 cm³/mol. The highest BCUT2D eigenvalue weighted by molar-refractivity contribution is 5.62. The number of fused-ring (bicyclic) bond motifs is 1. The first-order chi connectivity index (χ1) is 10.2. The summed E-state index contributed by atoms with van der Waals surface area (Å²) in [4.78, 5) is 2.40. The third-order valence-electron chi connectivity index (χ3n) is 4.38. The molecule has 1 aromatic carbocycles. The van der Waals surface area contributed by atoms with Crippen molar-refractivity contribution in [2.75, 3.05) is 17.2 Å². The number of aromatic nitrogens is 2. The lowest BCUT2D eigenvalue weighted by atomic mass is 10.0. The van der Waals surface area contributed by atoms with Crippen molar-refractivity contribution in [2.24, 2.45) is 0 Å². The Morgan fingerprint density at radius 2 is 2.19 bits per heavy atom. The summed E-state index contributed by atoms with van der Waals surface area (Å²) in [5, 5.41) is 4.71. The Labute approximate surface area is 126 Å². The van der Waals surface area contributed by atoms with Crippen LogP contribution < -0.4 is 10.6 Å². The van der Waals surface area contributed by atoms with Crippen LogP contribution in [0.5, 0.6) is 0 Å². The van der Waals surface area contributed by atoms with Crippen LogP contribution >= 0.6 is 0 Å². The molecule has 1 aliphatic rings. The van der Waals surface area contributed by atoms with Crippen molar-refractivity contribution in [3.8, 4) is 0 Å². The van der Waals surface area contributed by atoms with Crippen molar-refractivity contribution in [3.05, 3.63) is 41.7 Å². The largest absolute Gasteiger partial charge is 0.399 e. The van der Waals surface area contributed by atoms with E-state index in [2.05, 4.69) is 47.8 Å². The van der Waals surface area contributed by atoms with Crippen LogP contribution in [-0.4, -0.2) is 16.3 Å². The Morgan fingerprint density at radius 1 is 1.33 bits per heavy atom. The molecule has 0 saturated heterocycles. The van der Waals surface area contributed by atoms with Crippen molar-refractivity contribution in [1.29, 1.82) is 0 Å². The van der Waals surface area contributed by atoms with Gasteiger partial charge in [-0.2, -0.15) is 5.10 Å². The van der Waals surface area contributed by atoms with E-state index in [0.717, 1.165) is 37.3 Å². The summed E-state index contributed by atoms with van der Waals surface area (Å²) in [5.74, 6) is 0. The van der Waals surface area contributed by atoms with E-state index in [0.29, 0.717) is 6.04 Å². The van der Waals surface area contributed by atoms with Crippen LogP contribution in [-0.2, 0) is 13.0 Å². The first kappa shape index (κ1) is 14.0. The number of rotatable bonds is 4. The van der Waals surface area contributed by atoms with Crippen molar-refractivity contribution >= 4 is 11.4 Å². The second-order valence-electron chi connectivity index (χ2n) is 5.96. The number of hydrogen-bond donors (Lipinski definition) is 1. The number of aryl methyl sites for hydroxylation is 1. The van der Waals surface area contributed by atoms with Crippen molar-refractivity contribution in [1.82, 2.24) is 9.78 Å². The second-order valence-corrected chi connectivity index (χ2v) is 5.96. The maximum Gasteiger partial charge on any atom is 0.0817 e. The Balaban J connectivity index is 1.80. The molecule has 4 heteroatoms. The van der Waals surface area contributed by atoms with Gasteiger partial charge in [-0.05, 0) is 49.9 Å². The molecule has 2 aromatic rings. The SMILES string of the molecule is CCC(C)n1ccc(CN2CCCc3ccc(N)cc32)n1. The summed E-state index contributed by atoms with van der Waals surface area (Å²) in [6.45, 7) is 6.33. The van der Waals surface area contributed by atoms with E-state index in [1.807, 2.05) is 6.07 Å². The molecule has 0 saturated carbocycles. The smallest absolute Gasteiger partial charge is 0.0817 e. The van der Waals surface area contributed by atoms with E-state index in [-0.39, 0.29) is 0 Å². The molecule has 1 aliphatic heterocycles. The number of anilines is 2. The van der Waals surface area contributed by atoms with Gasteiger partial charge in [0.1, 0.15) is 0 Å². The first-order valence-electron chi connectivity index (χ1n) is 7.84. The first-order valence-corrected chi connectivity index (χ1v) is 7.84. The lowest BCUT2D eigenvalue weighted by Crippen LogP contribution is -2.29. The molecule has 0 aliphatic carbocycles. The summed E-state index contributed by atoms with van der Waals surface area (Å²) >= 11 is 0. The minimum absolute atomic E-state index is 0.461. The topological polar surface area (TPSA) is 47.1 Å². The van der Waals surface area contributed by atoms with E-state index < -0.39 is 0 Å². The third-order valence-corrected chi connectivity index (χ3v) is 4.38. The summed E-state index contributed by atoms with van der Waals surface area (Å²) < 4.78 is 2.07. The minimum Gasteiger partial charge on any atom is -0.399 e. The fourth-order valence-electron chi connectivity index (χ4n) is 2.92. The Kier molecular flexibility index (Phi) is 3.86. The monoisotopic (exact) mass is 284 g/mol. The molecule has 2 N–H and O–H groups in total. The van der Waals surface area contributed by atoms with Crippen LogP contribution in [0, 0.1) is 0 Å². The van der Waals surface area contributed by atoms with Gasteiger partial charge in [-0.3, -0.25) is 4.68 Å². The second kappa shape index (κ2) is 5.80. The van der Waals surface area contributed by atoms with E-state index >= 15 is 0 Å². The molecule has 0 radical (unpaired) electrons. The predicted octanol–water partition coefficient (Wildman–Crippen LogP) is 3.39. The maximum atomic E-state index is 5.95. The Morgan fingerprint density at radius 3 is 3.00 bits per heavy atom. The number of hydrogen-bond acceptors (Lipinski definition) is 3. The van der Waals surface area contributed by atoms with Gasteiger partial charge in [-0.15, -0.1) is 0 Å². The maximum absolute atomic E-state index is 5.95. The Hall–Kier alpha value is -1.97. The van der Waals surface area contributed by atoms with Crippen molar-refractivity contribution in [2.45, 2.75) is 45.7 Å². The normalized spacial score (nSPS) is 15.8. The quantitative estimate of drug-likeness (QED) is 0.875. The molecule has 0 spiro atoms. The highest BCUT2D eigenvalue weighted by Crippen LogP contribution is 2.30. The van der Waals surface area contributed by atoms with Gasteiger partial charge in [0.15, 0.2) is 0 Å². The fourth-order valence-corrected chi connectivity index (χ4v) is 2.92. The summed E-state index contributed by atoms with van der Waals surface area (Å²) in [6.07, 6.45) is 5.54. The number of nitrogens with two attached hydrogens (primary N) is 1. The molecule has 4 nitrogen and oxygen atoms in total. The lowest BCUT2D eigenvalue weighted by Gasteiger charge is -2.31. The lowest BCUT2D eigenvalue weighted by molar-refractivity contribution is 0.473. The highest BCUT2D eigenvalue weighted by Gasteiger charge is 2.18. The number of nitrogen functional groups attached to an aromatic ring is 1. The van der Waals surface area contributed by atoms with Crippen LogP contribution in [0.2, 0.25) is 0 Å². The molecule has 1 unspecified atom stereocenters. The summed E-state index contributed by atoms with van der Waals surface area (Å²) in [6, 6.07) is 8.85. The molecule has 2 heterocycles. The van der Waals surface area contributed by atoms with Crippen LogP contribution in [0.4, 0.5) is 11.4 Å². The average molecular weight is 284 g/mol. The molecular formula is C17H24N4. The summed E-state index contributed by atoms with van der Waals surface area (Å²) in [5.41, 5.74) is 10.6. The van der Waals surface area contributed by atoms with Gasteiger partial charge in [0.05, 0.1) is 12.2 Å². The molecule has 21 heavy (non-hydrogen) atoms. The van der Waals surface area contributed by atoms with Crippen LogP contribution in [0.15, 0.2) is 30.5 Å². The average Bonchev–Trinajstić information content (AvgIpc) is 2.95. The van der Waals surface area contributed by atoms with Gasteiger partial charge in [0.25, 0.3) is 0 Å². The highest BCUT2D eigenvalue weighted by atomic mass is 15.3. The standard InChI is InChI=1S/C17H24N4/c1-3-13(2)21-10-8-16(19-21)12-20-9-4-5-14-6-7-15(18)11-17(14)20/h6-8,10-11,13H,3-5,9,12,18H2,1-2H3. The van der Waals surface area contributed by atoms with Crippen LogP contribution in [0.25, 0.3) is 0 Å². The third kappa shape index (κ3) is 2.89. The molecule has 112 valence electrons. The Bertz CT molecular complexity index is 617. The zero-order chi connectivity index (χ0) is 14.8. The molecule has 0 fully saturated rings. The van der Waals surface area contributed by atoms with E-state index in [1.54, 1.807) is 0 Å². The van der Waals surface area contributed by atoms with Gasteiger partial charge >= 0.3 is 0 Å². The van der Waals surface area contributed by atoms with Gasteiger partial charge < -0.3 is 10.6 Å². The zero-order valence-electron chi connectivity index (χ0n) is 12.9. The molecule has 1 aromatic heterocycles. The molecule has 0 bridgehead atoms. The van der Waals surface area contributed by atoms with E-state index in [9.17, 15) is 0 Å². The van der Waals surface area contributed by atoms with Crippen LogP contribution in [0.1, 0.15) is 44.0 Å². The fraction of sp³-hybridized carbons (Fsp3) is 0.471. The van der Waals surface area contributed by atoms with Gasteiger partial charge in [0, 0.05) is 30.2 Å².